The van der Waals surface area contributed by atoms with Gasteiger partial charge in [0, 0.05) is 0 Å². The van der Waals surface area contributed by atoms with Gasteiger partial charge in [0.05, 0.1) is 17.6 Å². The molecule has 1 heterocycles. The van der Waals surface area contributed by atoms with Crippen LogP contribution in [0.15, 0.2) is 23.0 Å². The second-order valence-electron chi connectivity index (χ2n) is 3.91. The van der Waals surface area contributed by atoms with Gasteiger partial charge in [-0.25, -0.2) is 13.1 Å². The molecule has 0 saturated carbocycles. The van der Waals surface area contributed by atoms with E-state index in [0.29, 0.717) is 0 Å². The van der Waals surface area contributed by atoms with Crippen LogP contribution in [0.5, 0.6) is 0 Å². The third kappa shape index (κ3) is 4.22. The summed E-state index contributed by atoms with van der Waals surface area (Å²) in [5, 5.41) is 0. The Balaban J connectivity index is 2.64. The van der Waals surface area contributed by atoms with Crippen molar-refractivity contribution in [2.24, 2.45) is 5.92 Å². The molecule has 0 atom stereocenters. The maximum absolute atomic E-state index is 11.7. The third-order valence-electron chi connectivity index (χ3n) is 2.64. The van der Waals surface area contributed by atoms with Crippen molar-refractivity contribution in [3.8, 4) is 0 Å². The molecule has 0 aromatic carbocycles. The van der Waals surface area contributed by atoms with Crippen LogP contribution in [0.3, 0.4) is 0 Å². The van der Waals surface area contributed by atoms with Crippen LogP contribution in [0.2, 0.25) is 0 Å². The first-order valence-electron chi connectivity index (χ1n) is 5.55. The van der Waals surface area contributed by atoms with Gasteiger partial charge in [0.25, 0.3) is 5.91 Å². The van der Waals surface area contributed by atoms with Gasteiger partial charge in [0.1, 0.15) is 6.26 Å². The summed E-state index contributed by atoms with van der Waals surface area (Å²) in [6, 6.07) is 1.42. The minimum atomic E-state index is -3.57. The maximum atomic E-state index is 11.7. The first-order valence-corrected chi connectivity index (χ1v) is 7.20. The molecule has 17 heavy (non-hydrogen) atoms. The van der Waals surface area contributed by atoms with Crippen molar-refractivity contribution >= 4 is 15.9 Å². The summed E-state index contributed by atoms with van der Waals surface area (Å²) in [6.07, 6.45) is 4.08. The fraction of sp³-hybridized carbons (Fsp3) is 0.545. The van der Waals surface area contributed by atoms with E-state index in [1.165, 1.54) is 18.6 Å². The van der Waals surface area contributed by atoms with Crippen molar-refractivity contribution in [2.75, 3.05) is 5.75 Å². The largest absolute Gasteiger partial charge is 0.472 e. The zero-order chi connectivity index (χ0) is 12.9. The number of furan rings is 1. The van der Waals surface area contributed by atoms with Crippen molar-refractivity contribution in [3.63, 3.8) is 0 Å². The molecule has 1 aromatic rings. The molecule has 0 fully saturated rings. The minimum absolute atomic E-state index is 0.0242. The molecule has 0 spiro atoms. The highest BCUT2D eigenvalue weighted by Gasteiger charge is 2.20. The number of rotatable bonds is 6. The highest BCUT2D eigenvalue weighted by molar-refractivity contribution is 7.90. The van der Waals surface area contributed by atoms with Crippen LogP contribution in [-0.2, 0) is 10.0 Å². The van der Waals surface area contributed by atoms with Crippen LogP contribution in [0.4, 0.5) is 0 Å². The van der Waals surface area contributed by atoms with Crippen LogP contribution in [0.1, 0.15) is 37.0 Å². The van der Waals surface area contributed by atoms with Crippen LogP contribution in [0.25, 0.3) is 0 Å². The molecule has 5 nitrogen and oxygen atoms in total. The summed E-state index contributed by atoms with van der Waals surface area (Å²) in [7, 11) is -3.57. The third-order valence-corrected chi connectivity index (χ3v) is 4.05. The smallest absolute Gasteiger partial charge is 0.267 e. The number of hydrogen-bond acceptors (Lipinski definition) is 4. The summed E-state index contributed by atoms with van der Waals surface area (Å²) in [5.41, 5.74) is 0.207. The summed E-state index contributed by atoms with van der Waals surface area (Å²) in [6.45, 7) is 3.86. The Bertz CT molecular complexity index is 446. The Morgan fingerprint density at radius 3 is 2.53 bits per heavy atom. The average Bonchev–Trinajstić information content (AvgIpc) is 2.78. The lowest BCUT2D eigenvalue weighted by molar-refractivity contribution is 0.0980. The van der Waals surface area contributed by atoms with Crippen LogP contribution in [0, 0.1) is 5.92 Å². The van der Waals surface area contributed by atoms with Crippen molar-refractivity contribution in [1.82, 2.24) is 4.72 Å². The van der Waals surface area contributed by atoms with E-state index in [1.54, 1.807) is 0 Å². The number of hydrogen-bond donors (Lipinski definition) is 1. The number of nitrogens with one attached hydrogen (secondary N) is 1. The fourth-order valence-electron chi connectivity index (χ4n) is 1.47. The average molecular weight is 259 g/mol. The zero-order valence-electron chi connectivity index (χ0n) is 9.97. The highest BCUT2D eigenvalue weighted by atomic mass is 32.2. The Hall–Kier alpha value is -1.30. The summed E-state index contributed by atoms with van der Waals surface area (Å²) < 4.78 is 30.2. The van der Waals surface area contributed by atoms with Gasteiger partial charge < -0.3 is 4.42 Å². The summed E-state index contributed by atoms with van der Waals surface area (Å²) in [4.78, 5) is 11.5. The molecule has 1 N–H and O–H groups in total. The lowest BCUT2D eigenvalue weighted by Crippen LogP contribution is -2.34. The lowest BCUT2D eigenvalue weighted by atomic mass is 10.1. The topological polar surface area (TPSA) is 76.4 Å². The van der Waals surface area contributed by atoms with Gasteiger partial charge >= 0.3 is 0 Å². The zero-order valence-corrected chi connectivity index (χ0v) is 10.8. The maximum Gasteiger partial charge on any atom is 0.267 e. The van der Waals surface area contributed by atoms with Crippen LogP contribution in [-0.4, -0.2) is 20.1 Å². The minimum Gasteiger partial charge on any atom is -0.472 e. The molecule has 1 rings (SSSR count). The number of carbonyl (C=O) groups excluding carboxylic acids is 1. The SMILES string of the molecule is CCC(CC)CS(=O)(=O)NC(=O)c1ccoc1. The van der Waals surface area contributed by atoms with E-state index in [4.69, 9.17) is 4.42 Å². The van der Waals surface area contributed by atoms with Crippen molar-refractivity contribution in [3.05, 3.63) is 24.2 Å². The molecule has 0 aliphatic rings. The van der Waals surface area contributed by atoms with E-state index in [0.717, 1.165) is 12.8 Å². The van der Waals surface area contributed by atoms with E-state index in [-0.39, 0.29) is 17.2 Å². The van der Waals surface area contributed by atoms with E-state index in [9.17, 15) is 13.2 Å². The normalized spacial score (nSPS) is 11.7. The number of carbonyl (C=O) groups is 1. The molecule has 0 aliphatic heterocycles. The van der Waals surface area contributed by atoms with Crippen molar-refractivity contribution < 1.29 is 17.6 Å². The molecule has 0 aliphatic carbocycles. The van der Waals surface area contributed by atoms with Gasteiger partial charge in [-0.15, -0.1) is 0 Å². The van der Waals surface area contributed by atoms with Crippen molar-refractivity contribution in [1.29, 1.82) is 0 Å². The molecule has 0 saturated heterocycles. The molecule has 1 amide bonds. The van der Waals surface area contributed by atoms with Gasteiger partial charge in [0.15, 0.2) is 0 Å². The van der Waals surface area contributed by atoms with E-state index < -0.39 is 15.9 Å². The molecule has 0 unspecified atom stereocenters. The first kappa shape index (κ1) is 13.8. The second-order valence-corrected chi connectivity index (χ2v) is 5.67. The monoisotopic (exact) mass is 259 g/mol. The molecule has 0 bridgehead atoms. The predicted octanol–water partition coefficient (Wildman–Crippen LogP) is 1.78. The van der Waals surface area contributed by atoms with Crippen LogP contribution < -0.4 is 4.72 Å². The van der Waals surface area contributed by atoms with Gasteiger partial charge in [-0.1, -0.05) is 26.7 Å². The summed E-state index contributed by atoms with van der Waals surface area (Å²) in [5.74, 6) is -0.599. The Kier molecular flexibility index (Phi) is 4.74. The van der Waals surface area contributed by atoms with Gasteiger partial charge in [0.2, 0.25) is 10.0 Å². The molecular weight excluding hydrogens is 242 g/mol. The first-order chi connectivity index (χ1) is 7.98. The number of sulfonamides is 1. The number of amides is 1. The molecular formula is C11H17NO4S. The van der Waals surface area contributed by atoms with Gasteiger partial charge in [-0.2, -0.15) is 0 Å². The second kappa shape index (κ2) is 5.86. The lowest BCUT2D eigenvalue weighted by Gasteiger charge is -2.12. The van der Waals surface area contributed by atoms with Crippen molar-refractivity contribution in [2.45, 2.75) is 26.7 Å². The molecule has 6 heteroatoms. The molecule has 1 aromatic heterocycles. The van der Waals surface area contributed by atoms with E-state index in [1.807, 2.05) is 18.6 Å². The van der Waals surface area contributed by atoms with E-state index >= 15 is 0 Å². The molecule has 0 radical (unpaired) electrons. The predicted molar refractivity (Wildman–Crippen MR) is 64.0 cm³/mol. The Labute approximate surface area is 101 Å². The van der Waals surface area contributed by atoms with Crippen LogP contribution >= 0.6 is 0 Å². The highest BCUT2D eigenvalue weighted by Crippen LogP contribution is 2.10. The quantitative estimate of drug-likeness (QED) is 0.844. The summed E-state index contributed by atoms with van der Waals surface area (Å²) >= 11 is 0. The standard InChI is InChI=1S/C11H17NO4S/c1-3-9(4-2)8-17(14,15)12-11(13)10-5-6-16-7-10/h5-7,9H,3-4,8H2,1-2H3,(H,12,13). The van der Waals surface area contributed by atoms with Gasteiger partial charge in [-0.3, -0.25) is 4.79 Å². The fourth-order valence-corrected chi connectivity index (χ4v) is 3.05. The van der Waals surface area contributed by atoms with E-state index in [2.05, 4.69) is 0 Å². The molecule has 96 valence electrons. The van der Waals surface area contributed by atoms with Gasteiger partial charge in [-0.05, 0) is 12.0 Å². The Morgan fingerprint density at radius 1 is 1.41 bits per heavy atom. The Morgan fingerprint density at radius 2 is 2.06 bits per heavy atom.